The Morgan fingerprint density at radius 2 is 2.25 bits per heavy atom. The molecule has 0 saturated carbocycles. The Hall–Kier alpha value is -0.660. The number of nitrogens with one attached hydrogen (secondary N) is 1. The van der Waals surface area contributed by atoms with E-state index in [0.29, 0.717) is 0 Å². The Labute approximate surface area is 101 Å². The number of rotatable bonds is 8. The van der Waals surface area contributed by atoms with E-state index in [9.17, 15) is 0 Å². The van der Waals surface area contributed by atoms with E-state index in [-0.39, 0.29) is 0 Å². The molecule has 6 nitrogen and oxygen atoms in total. The second-order valence-corrected chi connectivity index (χ2v) is 4.75. The van der Waals surface area contributed by atoms with Crippen molar-refractivity contribution in [3.8, 4) is 0 Å². The lowest BCUT2D eigenvalue weighted by Gasteiger charge is -2.08. The van der Waals surface area contributed by atoms with E-state index in [4.69, 9.17) is 0 Å². The molecule has 1 aromatic rings. The van der Waals surface area contributed by atoms with E-state index in [2.05, 4.69) is 46.8 Å². The van der Waals surface area contributed by atoms with E-state index in [1.807, 2.05) is 4.68 Å². The molecular weight excluding hydrogens is 224 g/mol. The zero-order valence-electron chi connectivity index (χ0n) is 10.2. The van der Waals surface area contributed by atoms with Gasteiger partial charge < -0.3 is 10.2 Å². The summed E-state index contributed by atoms with van der Waals surface area (Å²) in [5.41, 5.74) is 0. The Morgan fingerprint density at radius 3 is 2.94 bits per heavy atom. The maximum Gasteiger partial charge on any atom is 0.209 e. The monoisotopic (exact) mass is 244 g/mol. The third-order valence-electron chi connectivity index (χ3n) is 2.02. The van der Waals surface area contributed by atoms with Crippen molar-refractivity contribution in [3.05, 3.63) is 0 Å². The van der Waals surface area contributed by atoms with Gasteiger partial charge in [0.05, 0.1) is 6.54 Å². The molecule has 0 bridgehead atoms. The molecule has 0 spiro atoms. The van der Waals surface area contributed by atoms with Crippen LogP contribution in [-0.4, -0.2) is 64.6 Å². The summed E-state index contributed by atoms with van der Waals surface area (Å²) in [6.45, 7) is 5.83. The first-order valence-electron chi connectivity index (χ1n) is 5.48. The third-order valence-corrected chi connectivity index (χ3v) is 2.96. The standard InChI is InChI=1S/C9H20N6S/c1-4-10-5-6-15-9(11-12-13-15)16-8-7-14(2)3/h10H,4-8H2,1-3H3. The second kappa shape index (κ2) is 7.59. The predicted octanol–water partition coefficient (Wildman–Crippen LogP) is -0.0637. The number of likely N-dealkylation sites (N-methyl/N-ethyl adjacent to an activating group) is 1. The van der Waals surface area contributed by atoms with Gasteiger partial charge in [-0.3, -0.25) is 0 Å². The van der Waals surface area contributed by atoms with Crippen molar-refractivity contribution in [1.82, 2.24) is 30.4 Å². The minimum absolute atomic E-state index is 0.825. The predicted molar refractivity (Wildman–Crippen MR) is 65.6 cm³/mol. The van der Waals surface area contributed by atoms with E-state index < -0.39 is 0 Å². The van der Waals surface area contributed by atoms with Crippen LogP contribution in [0.5, 0.6) is 0 Å². The van der Waals surface area contributed by atoms with Crippen molar-refractivity contribution in [2.45, 2.75) is 18.6 Å². The van der Waals surface area contributed by atoms with Crippen LogP contribution in [-0.2, 0) is 6.54 Å². The molecule has 0 aromatic carbocycles. The average molecular weight is 244 g/mol. The van der Waals surface area contributed by atoms with E-state index in [1.165, 1.54) is 0 Å². The van der Waals surface area contributed by atoms with E-state index in [1.54, 1.807) is 11.8 Å². The summed E-state index contributed by atoms with van der Waals surface area (Å²) < 4.78 is 1.85. The van der Waals surface area contributed by atoms with Gasteiger partial charge in [-0.2, -0.15) is 0 Å². The summed E-state index contributed by atoms with van der Waals surface area (Å²) in [6.07, 6.45) is 0. The quantitative estimate of drug-likeness (QED) is 0.510. The molecule has 16 heavy (non-hydrogen) atoms. The smallest absolute Gasteiger partial charge is 0.209 e. The van der Waals surface area contributed by atoms with Crippen molar-refractivity contribution in [2.24, 2.45) is 0 Å². The molecule has 0 atom stereocenters. The molecule has 92 valence electrons. The van der Waals surface area contributed by atoms with Gasteiger partial charge >= 0.3 is 0 Å². The summed E-state index contributed by atoms with van der Waals surface area (Å²) in [5.74, 6) is 1.01. The van der Waals surface area contributed by atoms with Crippen LogP contribution in [0.2, 0.25) is 0 Å². The van der Waals surface area contributed by atoms with Crippen LogP contribution in [0, 0.1) is 0 Å². The first-order chi connectivity index (χ1) is 7.74. The summed E-state index contributed by atoms with van der Waals surface area (Å²) in [6, 6.07) is 0. The molecule has 0 aliphatic carbocycles. The fourth-order valence-corrected chi connectivity index (χ4v) is 2.13. The number of tetrazole rings is 1. The van der Waals surface area contributed by atoms with Crippen LogP contribution in [0.4, 0.5) is 0 Å². The van der Waals surface area contributed by atoms with Gasteiger partial charge in [-0.15, -0.1) is 5.10 Å². The number of hydrogen-bond donors (Lipinski definition) is 1. The molecular formula is C9H20N6S. The van der Waals surface area contributed by atoms with Crippen LogP contribution < -0.4 is 5.32 Å². The number of hydrogen-bond acceptors (Lipinski definition) is 6. The third kappa shape index (κ3) is 4.91. The Bertz CT molecular complexity index is 287. The summed E-state index contributed by atoms with van der Waals surface area (Å²) in [4.78, 5) is 2.15. The van der Waals surface area contributed by atoms with Crippen LogP contribution >= 0.6 is 11.8 Å². The average Bonchev–Trinajstić information content (AvgIpc) is 2.66. The van der Waals surface area contributed by atoms with Gasteiger partial charge in [0.1, 0.15) is 0 Å². The highest BCUT2D eigenvalue weighted by molar-refractivity contribution is 7.99. The summed E-state index contributed by atoms with van der Waals surface area (Å²) in [5, 5.41) is 15.8. The zero-order valence-corrected chi connectivity index (χ0v) is 11.0. The van der Waals surface area contributed by atoms with Gasteiger partial charge in [0.15, 0.2) is 0 Å². The van der Waals surface area contributed by atoms with E-state index >= 15 is 0 Å². The molecule has 1 N–H and O–H groups in total. The molecule has 0 saturated heterocycles. The molecule has 0 amide bonds. The van der Waals surface area contributed by atoms with Crippen molar-refractivity contribution in [1.29, 1.82) is 0 Å². The Morgan fingerprint density at radius 1 is 1.44 bits per heavy atom. The molecule has 0 aliphatic heterocycles. The van der Waals surface area contributed by atoms with Crippen molar-refractivity contribution in [2.75, 3.05) is 39.5 Å². The minimum atomic E-state index is 0.825. The number of nitrogens with zero attached hydrogens (tertiary/aromatic N) is 5. The van der Waals surface area contributed by atoms with E-state index in [0.717, 1.165) is 37.1 Å². The molecule has 0 aliphatic rings. The molecule has 1 heterocycles. The topological polar surface area (TPSA) is 58.9 Å². The number of thioether (sulfide) groups is 1. The number of aromatic nitrogens is 4. The second-order valence-electron chi connectivity index (χ2n) is 3.69. The summed E-state index contributed by atoms with van der Waals surface area (Å²) in [7, 11) is 4.13. The first kappa shape index (κ1) is 13.4. The normalized spacial score (nSPS) is 11.2. The maximum atomic E-state index is 4.01. The minimum Gasteiger partial charge on any atom is -0.315 e. The fraction of sp³-hybridized carbons (Fsp3) is 0.889. The van der Waals surface area contributed by atoms with Crippen LogP contribution in [0.15, 0.2) is 5.16 Å². The SMILES string of the molecule is CCNCCn1nnnc1SCCN(C)C. The molecule has 0 unspecified atom stereocenters. The molecule has 1 rings (SSSR count). The lowest BCUT2D eigenvalue weighted by Crippen LogP contribution is -2.20. The van der Waals surface area contributed by atoms with Gasteiger partial charge in [0.25, 0.3) is 0 Å². The van der Waals surface area contributed by atoms with Gasteiger partial charge in [-0.1, -0.05) is 18.7 Å². The molecule has 0 radical (unpaired) electrons. The lowest BCUT2D eigenvalue weighted by atomic mass is 10.6. The Kier molecular flexibility index (Phi) is 6.36. The molecule has 0 fully saturated rings. The molecule has 7 heteroatoms. The van der Waals surface area contributed by atoms with Gasteiger partial charge in [0, 0.05) is 18.8 Å². The fourth-order valence-electron chi connectivity index (χ4n) is 1.12. The summed E-state index contributed by atoms with van der Waals surface area (Å²) >= 11 is 1.70. The van der Waals surface area contributed by atoms with Crippen LogP contribution in [0.25, 0.3) is 0 Å². The maximum absolute atomic E-state index is 4.01. The highest BCUT2D eigenvalue weighted by atomic mass is 32.2. The van der Waals surface area contributed by atoms with Gasteiger partial charge in [-0.25, -0.2) is 4.68 Å². The first-order valence-corrected chi connectivity index (χ1v) is 6.47. The van der Waals surface area contributed by atoms with Crippen molar-refractivity contribution >= 4 is 11.8 Å². The largest absolute Gasteiger partial charge is 0.315 e. The van der Waals surface area contributed by atoms with Gasteiger partial charge in [0.2, 0.25) is 5.16 Å². The van der Waals surface area contributed by atoms with Gasteiger partial charge in [-0.05, 0) is 31.1 Å². The highest BCUT2D eigenvalue weighted by Crippen LogP contribution is 2.12. The lowest BCUT2D eigenvalue weighted by molar-refractivity contribution is 0.437. The van der Waals surface area contributed by atoms with Crippen LogP contribution in [0.1, 0.15) is 6.92 Å². The van der Waals surface area contributed by atoms with Crippen molar-refractivity contribution in [3.63, 3.8) is 0 Å². The molecule has 1 aromatic heterocycles. The zero-order chi connectivity index (χ0) is 11.8. The Balaban J connectivity index is 2.32. The highest BCUT2D eigenvalue weighted by Gasteiger charge is 2.05. The van der Waals surface area contributed by atoms with Crippen molar-refractivity contribution < 1.29 is 0 Å². The van der Waals surface area contributed by atoms with Crippen LogP contribution in [0.3, 0.4) is 0 Å².